The maximum Gasteiger partial charge on any atom is 0.137 e. The molecule has 2 heterocycles. The molecule has 0 radical (unpaired) electrons. The van der Waals surface area contributed by atoms with Crippen molar-refractivity contribution in [3.8, 4) is 5.69 Å². The first-order chi connectivity index (χ1) is 13.3. The van der Waals surface area contributed by atoms with Crippen LogP contribution in [0.25, 0.3) is 5.69 Å². The van der Waals surface area contributed by atoms with Crippen molar-refractivity contribution in [3.05, 3.63) is 72.3 Å². The lowest BCUT2D eigenvalue weighted by Gasteiger charge is -2.36. The Kier molecular flexibility index (Phi) is 5.49. The first-order valence-corrected chi connectivity index (χ1v) is 9.78. The molecule has 0 saturated carbocycles. The number of benzene rings is 2. The summed E-state index contributed by atoms with van der Waals surface area (Å²) in [6.45, 7) is 7.77. The van der Waals surface area contributed by atoms with Crippen molar-refractivity contribution >= 4 is 5.69 Å². The molecule has 2 aromatic carbocycles. The van der Waals surface area contributed by atoms with Crippen LogP contribution in [0.3, 0.4) is 0 Å². The lowest BCUT2D eigenvalue weighted by atomic mass is 10.1. The quantitative estimate of drug-likeness (QED) is 0.675. The van der Waals surface area contributed by atoms with Gasteiger partial charge >= 0.3 is 0 Å². The number of anilines is 1. The molecule has 0 N–H and O–H groups in total. The van der Waals surface area contributed by atoms with Crippen LogP contribution in [0.5, 0.6) is 0 Å². The second-order valence-corrected chi connectivity index (χ2v) is 7.17. The number of hydrogen-bond acceptors (Lipinski definition) is 4. The molecule has 27 heavy (non-hydrogen) atoms. The third-order valence-electron chi connectivity index (χ3n) is 5.36. The number of aryl methyl sites for hydroxylation is 2. The van der Waals surface area contributed by atoms with E-state index in [-0.39, 0.29) is 0 Å². The Hall–Kier alpha value is -2.66. The average Bonchev–Trinajstić information content (AvgIpc) is 3.18. The van der Waals surface area contributed by atoms with Crippen LogP contribution in [0.15, 0.2) is 60.9 Å². The van der Waals surface area contributed by atoms with E-state index in [9.17, 15) is 0 Å². The highest BCUT2D eigenvalue weighted by molar-refractivity contribution is 5.53. The van der Waals surface area contributed by atoms with E-state index in [4.69, 9.17) is 0 Å². The fourth-order valence-corrected chi connectivity index (χ4v) is 3.83. The van der Waals surface area contributed by atoms with E-state index in [1.807, 2.05) is 24.5 Å². The number of nitrogens with zero attached hydrogens (tertiary/aromatic N) is 5. The second-order valence-electron chi connectivity index (χ2n) is 7.17. The van der Waals surface area contributed by atoms with Crippen molar-refractivity contribution in [2.75, 3.05) is 37.6 Å². The summed E-state index contributed by atoms with van der Waals surface area (Å²) in [5.41, 5.74) is 3.88. The molecule has 0 aliphatic carbocycles. The molecule has 0 spiro atoms. The number of aromatic nitrogens is 3. The highest BCUT2D eigenvalue weighted by Gasteiger charge is 2.18. The van der Waals surface area contributed by atoms with Crippen molar-refractivity contribution in [1.82, 2.24) is 19.7 Å². The van der Waals surface area contributed by atoms with Crippen LogP contribution in [0.4, 0.5) is 5.69 Å². The Morgan fingerprint density at radius 2 is 1.63 bits per heavy atom. The van der Waals surface area contributed by atoms with Crippen LogP contribution in [0, 0.1) is 6.92 Å². The summed E-state index contributed by atoms with van der Waals surface area (Å²) < 4.78 is 2.09. The third-order valence-corrected chi connectivity index (χ3v) is 5.36. The van der Waals surface area contributed by atoms with Crippen LogP contribution in [0.2, 0.25) is 0 Å². The van der Waals surface area contributed by atoms with Crippen molar-refractivity contribution < 1.29 is 0 Å². The molecule has 5 heteroatoms. The Bertz CT molecular complexity index is 850. The minimum Gasteiger partial charge on any atom is -0.369 e. The highest BCUT2D eigenvalue weighted by atomic mass is 15.3. The van der Waals surface area contributed by atoms with E-state index in [0.29, 0.717) is 0 Å². The molecule has 0 bridgehead atoms. The van der Waals surface area contributed by atoms with Gasteiger partial charge in [-0.2, -0.15) is 0 Å². The predicted molar refractivity (Wildman–Crippen MR) is 110 cm³/mol. The van der Waals surface area contributed by atoms with Gasteiger partial charge in [0.1, 0.15) is 12.2 Å². The van der Waals surface area contributed by atoms with Gasteiger partial charge in [-0.3, -0.25) is 9.47 Å². The molecule has 1 aliphatic heterocycles. The monoisotopic (exact) mass is 361 g/mol. The average molecular weight is 361 g/mol. The maximum atomic E-state index is 4.32. The predicted octanol–water partition coefficient (Wildman–Crippen LogP) is 3.33. The molecule has 4 rings (SSSR count). The number of hydrogen-bond donors (Lipinski definition) is 0. The first-order valence-electron chi connectivity index (χ1n) is 9.78. The number of para-hydroxylation sites is 2. The summed E-state index contributed by atoms with van der Waals surface area (Å²) in [5, 5.41) is 8.43. The molecule has 1 aliphatic rings. The molecule has 0 unspecified atom stereocenters. The van der Waals surface area contributed by atoms with Crippen LogP contribution in [-0.2, 0) is 6.42 Å². The molecule has 0 amide bonds. The fraction of sp³-hybridized carbons (Fsp3) is 0.364. The van der Waals surface area contributed by atoms with Crippen molar-refractivity contribution in [3.63, 3.8) is 0 Å². The van der Waals surface area contributed by atoms with Crippen LogP contribution in [0.1, 0.15) is 17.8 Å². The summed E-state index contributed by atoms with van der Waals surface area (Å²) in [6.07, 6.45) is 3.87. The van der Waals surface area contributed by atoms with E-state index in [1.54, 1.807) is 0 Å². The molecular formula is C22H27N5. The summed E-state index contributed by atoms with van der Waals surface area (Å²) in [4.78, 5) is 5.08. The summed E-state index contributed by atoms with van der Waals surface area (Å²) >= 11 is 0. The largest absolute Gasteiger partial charge is 0.369 e. The van der Waals surface area contributed by atoms with E-state index >= 15 is 0 Å². The summed E-state index contributed by atoms with van der Waals surface area (Å²) in [7, 11) is 0. The summed E-state index contributed by atoms with van der Waals surface area (Å²) in [6, 6.07) is 19.0. The molecule has 140 valence electrons. The van der Waals surface area contributed by atoms with Crippen LogP contribution < -0.4 is 4.90 Å². The molecule has 0 atom stereocenters. The lowest BCUT2D eigenvalue weighted by molar-refractivity contribution is 0.254. The van der Waals surface area contributed by atoms with Gasteiger partial charge in [0.2, 0.25) is 0 Å². The summed E-state index contributed by atoms with van der Waals surface area (Å²) in [5.74, 6) is 1.04. The first kappa shape index (κ1) is 17.7. The van der Waals surface area contributed by atoms with Crippen molar-refractivity contribution in [2.24, 2.45) is 0 Å². The molecule has 3 aromatic rings. The normalized spacial score (nSPS) is 15.2. The van der Waals surface area contributed by atoms with Crippen LogP contribution >= 0.6 is 0 Å². The Morgan fingerprint density at radius 1 is 0.889 bits per heavy atom. The van der Waals surface area contributed by atoms with Gasteiger partial charge in [-0.1, -0.05) is 36.4 Å². The van der Waals surface area contributed by atoms with Gasteiger partial charge in [-0.25, -0.2) is 0 Å². The standard InChI is InChI=1S/C22H27N5/c1-19-8-5-6-11-21(19)26-16-14-25(15-17-26)13-7-12-22-24-23-18-27(22)20-9-3-2-4-10-20/h2-6,8-11,18H,7,12-17H2,1H3. The van der Waals surface area contributed by atoms with Crippen molar-refractivity contribution in [2.45, 2.75) is 19.8 Å². The van der Waals surface area contributed by atoms with Crippen LogP contribution in [-0.4, -0.2) is 52.4 Å². The minimum atomic E-state index is 0.951. The van der Waals surface area contributed by atoms with Gasteiger partial charge < -0.3 is 4.90 Å². The molecule has 1 fully saturated rings. The third kappa shape index (κ3) is 4.19. The van der Waals surface area contributed by atoms with E-state index in [0.717, 1.165) is 57.1 Å². The highest BCUT2D eigenvalue weighted by Crippen LogP contribution is 2.21. The zero-order valence-electron chi connectivity index (χ0n) is 16.0. The number of piperazine rings is 1. The zero-order chi connectivity index (χ0) is 18.5. The van der Waals surface area contributed by atoms with Gasteiger partial charge in [-0.15, -0.1) is 10.2 Å². The van der Waals surface area contributed by atoms with Gasteiger partial charge in [0.15, 0.2) is 0 Å². The van der Waals surface area contributed by atoms with Gasteiger partial charge in [-0.05, 0) is 43.7 Å². The second kappa shape index (κ2) is 8.35. The molecular weight excluding hydrogens is 334 g/mol. The van der Waals surface area contributed by atoms with E-state index in [2.05, 4.69) is 67.9 Å². The Balaban J connectivity index is 1.27. The minimum absolute atomic E-state index is 0.951. The smallest absolute Gasteiger partial charge is 0.137 e. The van der Waals surface area contributed by atoms with Crippen molar-refractivity contribution in [1.29, 1.82) is 0 Å². The van der Waals surface area contributed by atoms with Gasteiger partial charge in [0.25, 0.3) is 0 Å². The molecule has 5 nitrogen and oxygen atoms in total. The number of rotatable bonds is 6. The molecule has 1 aromatic heterocycles. The fourth-order valence-electron chi connectivity index (χ4n) is 3.83. The Morgan fingerprint density at radius 3 is 2.41 bits per heavy atom. The maximum absolute atomic E-state index is 4.32. The zero-order valence-corrected chi connectivity index (χ0v) is 16.0. The topological polar surface area (TPSA) is 37.2 Å². The van der Waals surface area contributed by atoms with Gasteiger partial charge in [0, 0.05) is 44.0 Å². The molecule has 1 saturated heterocycles. The lowest BCUT2D eigenvalue weighted by Crippen LogP contribution is -2.46. The Labute approximate surface area is 161 Å². The van der Waals surface area contributed by atoms with Gasteiger partial charge in [0.05, 0.1) is 0 Å². The van der Waals surface area contributed by atoms with E-state index in [1.165, 1.54) is 11.3 Å². The van der Waals surface area contributed by atoms with E-state index < -0.39 is 0 Å². The SMILES string of the molecule is Cc1ccccc1N1CCN(CCCc2nncn2-c2ccccc2)CC1.